The van der Waals surface area contributed by atoms with Crippen molar-refractivity contribution < 1.29 is 4.79 Å². The van der Waals surface area contributed by atoms with Crippen LogP contribution in [0.5, 0.6) is 0 Å². The Labute approximate surface area is 224 Å². The predicted octanol–water partition coefficient (Wildman–Crippen LogP) is 2.78. The number of halogens is 1. The number of hydrazine groups is 1. The molecule has 2 saturated heterocycles. The van der Waals surface area contributed by atoms with Crippen LogP contribution < -0.4 is 15.6 Å². The third-order valence-electron chi connectivity index (χ3n) is 8.12. The minimum atomic E-state index is 0.180. The minimum absolute atomic E-state index is 0.180. The molecule has 1 saturated carbocycles. The number of hydrogen-bond acceptors (Lipinski definition) is 7. The molecule has 2 amide bonds. The number of carbonyl (C=O) groups is 1. The van der Waals surface area contributed by atoms with Gasteiger partial charge in [-0.05, 0) is 56.0 Å². The van der Waals surface area contributed by atoms with Crippen molar-refractivity contribution in [2.45, 2.75) is 37.8 Å². The van der Waals surface area contributed by atoms with E-state index in [0.29, 0.717) is 22.7 Å². The van der Waals surface area contributed by atoms with Crippen LogP contribution >= 0.6 is 11.6 Å². The van der Waals surface area contributed by atoms with Crippen LogP contribution in [-0.2, 0) is 0 Å². The van der Waals surface area contributed by atoms with Crippen molar-refractivity contribution in [3.63, 3.8) is 0 Å². The molecule has 4 aliphatic rings. The average Bonchev–Trinajstić information content (AvgIpc) is 2.97. The highest BCUT2D eigenvalue weighted by Gasteiger charge is 2.33. The molecule has 198 valence electrons. The molecule has 3 heterocycles. The second-order valence-corrected chi connectivity index (χ2v) is 10.6. The summed E-state index contributed by atoms with van der Waals surface area (Å²) in [6, 6.07) is 8.85. The Morgan fingerprint density at radius 2 is 1.76 bits per heavy atom. The molecule has 0 unspecified atom stereocenters. The third-order valence-corrected chi connectivity index (χ3v) is 8.44. The lowest BCUT2D eigenvalue weighted by Crippen LogP contribution is -2.58. The highest BCUT2D eigenvalue weighted by Crippen LogP contribution is 2.32. The lowest BCUT2D eigenvalue weighted by Gasteiger charge is -2.47. The second-order valence-electron chi connectivity index (χ2n) is 10.2. The summed E-state index contributed by atoms with van der Waals surface area (Å²) in [4.78, 5) is 21.6. The summed E-state index contributed by atoms with van der Waals surface area (Å²) < 4.78 is 0. The van der Waals surface area contributed by atoms with E-state index in [-0.39, 0.29) is 6.03 Å². The van der Waals surface area contributed by atoms with Gasteiger partial charge in [0.1, 0.15) is 11.9 Å². The fourth-order valence-electron chi connectivity index (χ4n) is 5.87. The van der Waals surface area contributed by atoms with Crippen LogP contribution in [0.4, 0.5) is 10.5 Å². The SMILES string of the molecule is CN(c1ccc(C#N)c(Cl)c1)C1CCC(N2NC=CC=C2N2CCN(C(=O)N3CCNCC3)CC2)CC1. The van der Waals surface area contributed by atoms with Crippen molar-refractivity contribution >= 4 is 23.3 Å². The highest BCUT2D eigenvalue weighted by molar-refractivity contribution is 6.32. The minimum Gasteiger partial charge on any atom is -0.372 e. The summed E-state index contributed by atoms with van der Waals surface area (Å²) in [6.45, 7) is 6.53. The number of carbonyl (C=O) groups excluding carboxylic acids is 1. The van der Waals surface area contributed by atoms with Crippen molar-refractivity contribution in [3.05, 3.63) is 53.0 Å². The Balaban J connectivity index is 1.15. The fourth-order valence-corrected chi connectivity index (χ4v) is 6.08. The van der Waals surface area contributed by atoms with Gasteiger partial charge in [0.2, 0.25) is 0 Å². The monoisotopic (exact) mass is 524 g/mol. The zero-order valence-electron chi connectivity index (χ0n) is 21.6. The molecule has 0 atom stereocenters. The molecule has 3 fully saturated rings. The number of hydrogen-bond donors (Lipinski definition) is 2. The van der Waals surface area contributed by atoms with Gasteiger partial charge in [-0.25, -0.2) is 4.79 Å². The van der Waals surface area contributed by atoms with Gasteiger partial charge in [-0.2, -0.15) is 5.26 Å². The van der Waals surface area contributed by atoms with Gasteiger partial charge in [0, 0.05) is 77.3 Å². The number of amides is 2. The zero-order chi connectivity index (χ0) is 25.8. The Kier molecular flexibility index (Phi) is 7.96. The van der Waals surface area contributed by atoms with Crippen LogP contribution in [0.2, 0.25) is 5.02 Å². The fraction of sp³-hybridized carbons (Fsp3) is 0.556. The van der Waals surface area contributed by atoms with Gasteiger partial charge in [-0.1, -0.05) is 11.6 Å². The van der Waals surface area contributed by atoms with Crippen LogP contribution in [0, 0.1) is 11.3 Å². The van der Waals surface area contributed by atoms with Crippen molar-refractivity contribution in [3.8, 4) is 6.07 Å². The molecule has 0 radical (unpaired) electrons. The lowest BCUT2D eigenvalue weighted by atomic mass is 9.89. The van der Waals surface area contributed by atoms with Crippen molar-refractivity contribution in [2.75, 3.05) is 64.3 Å². The van der Waals surface area contributed by atoms with E-state index in [0.717, 1.165) is 83.7 Å². The van der Waals surface area contributed by atoms with E-state index in [1.54, 1.807) is 6.07 Å². The van der Waals surface area contributed by atoms with Gasteiger partial charge < -0.3 is 30.3 Å². The van der Waals surface area contributed by atoms with Gasteiger partial charge in [0.15, 0.2) is 0 Å². The average molecular weight is 525 g/mol. The van der Waals surface area contributed by atoms with Gasteiger partial charge in [0.25, 0.3) is 0 Å². The highest BCUT2D eigenvalue weighted by atomic mass is 35.5. The summed E-state index contributed by atoms with van der Waals surface area (Å²) in [5.74, 6) is 1.20. The number of piperazine rings is 2. The summed E-state index contributed by atoms with van der Waals surface area (Å²) in [5.41, 5.74) is 5.07. The number of benzene rings is 1. The van der Waals surface area contributed by atoms with Crippen LogP contribution in [0.3, 0.4) is 0 Å². The van der Waals surface area contributed by atoms with Crippen molar-refractivity contribution in [2.24, 2.45) is 0 Å². The van der Waals surface area contributed by atoms with Gasteiger partial charge in [-0.3, -0.25) is 5.01 Å². The summed E-state index contributed by atoms with van der Waals surface area (Å²) in [6.07, 6.45) is 10.6. The summed E-state index contributed by atoms with van der Waals surface area (Å²) in [5, 5.41) is 15.3. The first-order valence-electron chi connectivity index (χ1n) is 13.4. The maximum absolute atomic E-state index is 12.9. The molecule has 1 aromatic carbocycles. The third kappa shape index (κ3) is 5.60. The number of nitrogens with zero attached hydrogens (tertiary/aromatic N) is 6. The molecular formula is C27H37ClN8O. The van der Waals surface area contributed by atoms with Crippen LogP contribution in [-0.4, -0.2) is 97.2 Å². The van der Waals surface area contributed by atoms with Crippen LogP contribution in [0.25, 0.3) is 0 Å². The van der Waals surface area contributed by atoms with Gasteiger partial charge in [-0.15, -0.1) is 0 Å². The number of rotatable bonds is 4. The molecule has 1 aliphatic carbocycles. The van der Waals surface area contributed by atoms with Gasteiger partial charge >= 0.3 is 6.03 Å². The van der Waals surface area contributed by atoms with E-state index in [4.69, 9.17) is 16.9 Å². The Morgan fingerprint density at radius 1 is 1.05 bits per heavy atom. The quantitative estimate of drug-likeness (QED) is 0.627. The number of urea groups is 1. The summed E-state index contributed by atoms with van der Waals surface area (Å²) in [7, 11) is 2.12. The summed E-state index contributed by atoms with van der Waals surface area (Å²) >= 11 is 6.28. The predicted molar refractivity (Wildman–Crippen MR) is 146 cm³/mol. The number of nitriles is 1. The number of anilines is 1. The molecule has 3 aliphatic heterocycles. The molecule has 10 heteroatoms. The number of allylic oxidation sites excluding steroid dienone is 2. The maximum atomic E-state index is 12.9. The molecule has 2 N–H and O–H groups in total. The topological polar surface area (TPSA) is 81.1 Å². The van der Waals surface area contributed by atoms with E-state index < -0.39 is 0 Å². The smallest absolute Gasteiger partial charge is 0.320 e. The molecule has 5 rings (SSSR count). The lowest BCUT2D eigenvalue weighted by molar-refractivity contribution is 0.0694. The van der Waals surface area contributed by atoms with E-state index in [2.05, 4.69) is 50.8 Å². The van der Waals surface area contributed by atoms with Crippen molar-refractivity contribution in [1.82, 2.24) is 30.5 Å². The van der Waals surface area contributed by atoms with Gasteiger partial charge in [0.05, 0.1) is 16.6 Å². The molecule has 9 nitrogen and oxygen atoms in total. The standard InChI is InChI=1S/C27H37ClN8O/c1-32(24-5-4-21(20-29)25(28)19-24)22-6-8-23(9-7-22)36-26(3-2-10-31-36)33-15-17-35(18-16-33)27(37)34-13-11-30-12-14-34/h2-5,10,19,22-23,30-31H,6-9,11-18H2,1H3. The molecule has 1 aromatic rings. The van der Waals surface area contributed by atoms with Crippen LogP contribution in [0.1, 0.15) is 31.2 Å². The van der Waals surface area contributed by atoms with E-state index in [1.165, 1.54) is 5.82 Å². The first kappa shape index (κ1) is 25.6. The maximum Gasteiger partial charge on any atom is 0.320 e. The molecule has 37 heavy (non-hydrogen) atoms. The van der Waals surface area contributed by atoms with E-state index >= 15 is 0 Å². The Morgan fingerprint density at radius 3 is 2.43 bits per heavy atom. The zero-order valence-corrected chi connectivity index (χ0v) is 22.3. The van der Waals surface area contributed by atoms with E-state index in [9.17, 15) is 4.79 Å². The molecule has 0 aromatic heterocycles. The first-order chi connectivity index (χ1) is 18.0. The Bertz CT molecular complexity index is 1060. The number of nitrogens with one attached hydrogen (secondary N) is 2. The molecular weight excluding hydrogens is 488 g/mol. The molecule has 0 spiro atoms. The van der Waals surface area contributed by atoms with Crippen LogP contribution in [0.15, 0.2) is 42.4 Å². The van der Waals surface area contributed by atoms with E-state index in [1.807, 2.05) is 28.1 Å². The molecule has 0 bridgehead atoms. The van der Waals surface area contributed by atoms with Crippen molar-refractivity contribution in [1.29, 1.82) is 5.26 Å². The largest absolute Gasteiger partial charge is 0.372 e. The second kappa shape index (κ2) is 11.5. The Hall–Kier alpha value is -3.09. The first-order valence-corrected chi connectivity index (χ1v) is 13.8. The normalized spacial score (nSPS) is 24.3.